The molecule has 4 N–H and O–H groups in total. The van der Waals surface area contributed by atoms with E-state index in [1.807, 2.05) is 24.3 Å². The molecule has 0 aliphatic heterocycles. The molecule has 1 fully saturated rings. The van der Waals surface area contributed by atoms with Crippen molar-refractivity contribution in [1.82, 2.24) is 5.32 Å². The van der Waals surface area contributed by atoms with Crippen LogP contribution >= 0.6 is 12.4 Å². The Morgan fingerprint density at radius 3 is 2.44 bits per heavy atom. The Labute approximate surface area is 153 Å². The summed E-state index contributed by atoms with van der Waals surface area (Å²) in [5, 5.41) is 5.81. The quantitative estimate of drug-likeness (QED) is 0.716. The normalized spacial score (nSPS) is 13.3. The number of hydrogen-bond acceptors (Lipinski definition) is 3. The number of rotatable bonds is 5. The summed E-state index contributed by atoms with van der Waals surface area (Å²) in [5.74, 6) is 0.0853. The smallest absolute Gasteiger partial charge is 0.251 e. The number of nitrogens with one attached hydrogen (secondary N) is 2. The van der Waals surface area contributed by atoms with Crippen molar-refractivity contribution in [2.45, 2.75) is 25.8 Å². The molecule has 1 aliphatic rings. The zero-order chi connectivity index (χ0) is 16.9. The Balaban J connectivity index is 0.00000225. The van der Waals surface area contributed by atoms with Crippen LogP contribution in [0.15, 0.2) is 48.5 Å². The summed E-state index contributed by atoms with van der Waals surface area (Å²) >= 11 is 0. The second kappa shape index (κ2) is 8.53. The Morgan fingerprint density at radius 2 is 1.80 bits per heavy atom. The summed E-state index contributed by atoms with van der Waals surface area (Å²) in [6.45, 7) is 0.399. The molecule has 132 valence electrons. The van der Waals surface area contributed by atoms with Gasteiger partial charge in [-0.05, 0) is 54.8 Å². The van der Waals surface area contributed by atoms with Crippen LogP contribution in [0.25, 0.3) is 0 Å². The summed E-state index contributed by atoms with van der Waals surface area (Å²) in [5.41, 5.74) is 8.52. The summed E-state index contributed by atoms with van der Waals surface area (Å²) in [6.07, 6.45) is 3.08. The van der Waals surface area contributed by atoms with Gasteiger partial charge < -0.3 is 16.4 Å². The van der Waals surface area contributed by atoms with Crippen LogP contribution in [0.2, 0.25) is 0 Å². The average Bonchev–Trinajstić information content (AvgIpc) is 2.52. The molecule has 3 rings (SSSR count). The molecule has 25 heavy (non-hydrogen) atoms. The van der Waals surface area contributed by atoms with Gasteiger partial charge in [-0.1, -0.05) is 18.6 Å². The van der Waals surface area contributed by atoms with E-state index in [-0.39, 0.29) is 30.1 Å². The highest BCUT2D eigenvalue weighted by Crippen LogP contribution is 2.27. The van der Waals surface area contributed by atoms with Gasteiger partial charge in [-0.2, -0.15) is 0 Å². The molecule has 2 aromatic rings. The van der Waals surface area contributed by atoms with Crippen LogP contribution in [-0.4, -0.2) is 11.8 Å². The Kier molecular flexibility index (Phi) is 6.42. The van der Waals surface area contributed by atoms with Gasteiger partial charge in [0, 0.05) is 29.4 Å². The van der Waals surface area contributed by atoms with Gasteiger partial charge in [0.25, 0.3) is 5.91 Å². The maximum atomic E-state index is 12.1. The average molecular weight is 360 g/mol. The van der Waals surface area contributed by atoms with Crippen LogP contribution < -0.4 is 16.4 Å². The maximum absolute atomic E-state index is 12.1. The highest BCUT2D eigenvalue weighted by molar-refractivity contribution is 5.94. The van der Waals surface area contributed by atoms with Gasteiger partial charge >= 0.3 is 0 Å². The Bertz CT molecular complexity index is 743. The van der Waals surface area contributed by atoms with Crippen LogP contribution in [0.3, 0.4) is 0 Å². The van der Waals surface area contributed by atoms with Gasteiger partial charge in [0.05, 0.1) is 0 Å². The lowest BCUT2D eigenvalue weighted by Gasteiger charge is -2.24. The fraction of sp³-hybridized carbons (Fsp3) is 0.263. The first-order chi connectivity index (χ1) is 11.6. The Hall–Kier alpha value is -2.53. The molecule has 0 atom stereocenters. The van der Waals surface area contributed by atoms with Gasteiger partial charge in [-0.3, -0.25) is 9.59 Å². The number of nitrogens with two attached hydrogens (primary N) is 1. The van der Waals surface area contributed by atoms with Crippen LogP contribution in [0, 0.1) is 5.92 Å². The molecule has 0 bridgehead atoms. The standard InChI is InChI=1S/C19H21N3O2.ClH/c20-16-9-7-15(8-10-16)18(23)21-12-13-3-1-6-17(11-13)22-19(24)14-4-2-5-14;/h1,3,6-11,14H,2,4-5,12,20H2,(H,21,23)(H,22,24);1H. The van der Waals surface area contributed by atoms with Crippen molar-refractivity contribution in [3.8, 4) is 0 Å². The van der Waals surface area contributed by atoms with Crippen molar-refractivity contribution in [2.24, 2.45) is 5.92 Å². The first-order valence-electron chi connectivity index (χ1n) is 8.15. The first-order valence-corrected chi connectivity index (χ1v) is 8.15. The van der Waals surface area contributed by atoms with Gasteiger partial charge in [0.15, 0.2) is 0 Å². The minimum Gasteiger partial charge on any atom is -0.399 e. The molecule has 1 aliphatic carbocycles. The van der Waals surface area contributed by atoms with Crippen molar-refractivity contribution < 1.29 is 9.59 Å². The highest BCUT2D eigenvalue weighted by atomic mass is 35.5. The van der Waals surface area contributed by atoms with Crippen LogP contribution in [0.4, 0.5) is 11.4 Å². The number of amides is 2. The van der Waals surface area contributed by atoms with Crippen molar-refractivity contribution in [3.63, 3.8) is 0 Å². The molecular formula is C19H22ClN3O2. The zero-order valence-corrected chi connectivity index (χ0v) is 14.6. The van der Waals surface area contributed by atoms with Crippen LogP contribution in [-0.2, 0) is 11.3 Å². The lowest BCUT2D eigenvalue weighted by Crippen LogP contribution is -2.28. The molecular weight excluding hydrogens is 338 g/mol. The van der Waals surface area contributed by atoms with Gasteiger partial charge in [0.1, 0.15) is 0 Å². The summed E-state index contributed by atoms with van der Waals surface area (Å²) in [7, 11) is 0. The predicted molar refractivity (Wildman–Crippen MR) is 102 cm³/mol. The topological polar surface area (TPSA) is 84.2 Å². The number of nitrogen functional groups attached to an aromatic ring is 1. The molecule has 2 amide bonds. The molecule has 0 aromatic heterocycles. The van der Waals surface area contributed by atoms with Crippen LogP contribution in [0.1, 0.15) is 35.2 Å². The largest absolute Gasteiger partial charge is 0.399 e. The fourth-order valence-electron chi connectivity index (χ4n) is 2.59. The van der Waals surface area contributed by atoms with Crippen molar-refractivity contribution in [2.75, 3.05) is 11.1 Å². The second-order valence-corrected chi connectivity index (χ2v) is 6.12. The zero-order valence-electron chi connectivity index (χ0n) is 13.8. The Morgan fingerprint density at radius 1 is 1.08 bits per heavy atom. The van der Waals surface area contributed by atoms with E-state index in [1.54, 1.807) is 24.3 Å². The number of carbonyl (C=O) groups is 2. The molecule has 0 spiro atoms. The summed E-state index contributed by atoms with van der Waals surface area (Å²) < 4.78 is 0. The SMILES string of the molecule is Cl.Nc1ccc(C(=O)NCc2cccc(NC(=O)C3CCC3)c2)cc1. The van der Waals surface area contributed by atoms with Crippen LogP contribution in [0.5, 0.6) is 0 Å². The van der Waals surface area contributed by atoms with E-state index in [9.17, 15) is 9.59 Å². The number of benzene rings is 2. The van der Waals surface area contributed by atoms with Crippen molar-refractivity contribution in [1.29, 1.82) is 0 Å². The molecule has 2 aromatic carbocycles. The maximum Gasteiger partial charge on any atom is 0.251 e. The lowest BCUT2D eigenvalue weighted by molar-refractivity contribution is -0.122. The van der Waals surface area contributed by atoms with Crippen molar-refractivity contribution in [3.05, 3.63) is 59.7 Å². The summed E-state index contributed by atoms with van der Waals surface area (Å²) in [6, 6.07) is 14.3. The monoisotopic (exact) mass is 359 g/mol. The number of hydrogen-bond donors (Lipinski definition) is 3. The van der Waals surface area contributed by atoms with E-state index in [0.29, 0.717) is 17.8 Å². The van der Waals surface area contributed by atoms with Gasteiger partial charge in [-0.25, -0.2) is 0 Å². The van der Waals surface area contributed by atoms with E-state index >= 15 is 0 Å². The molecule has 0 radical (unpaired) electrons. The molecule has 0 heterocycles. The molecule has 6 heteroatoms. The van der Waals surface area contributed by atoms with Gasteiger partial charge in [0.2, 0.25) is 5.91 Å². The second-order valence-electron chi connectivity index (χ2n) is 6.12. The highest BCUT2D eigenvalue weighted by Gasteiger charge is 2.25. The molecule has 1 saturated carbocycles. The number of halogens is 1. The molecule has 0 unspecified atom stereocenters. The van der Waals surface area contributed by atoms with E-state index in [0.717, 1.165) is 30.5 Å². The van der Waals surface area contributed by atoms with E-state index < -0.39 is 0 Å². The first kappa shape index (κ1) is 18.8. The minimum absolute atomic E-state index is 0. The van der Waals surface area contributed by atoms with Gasteiger partial charge in [-0.15, -0.1) is 12.4 Å². The van der Waals surface area contributed by atoms with Crippen molar-refractivity contribution >= 4 is 35.6 Å². The number of anilines is 2. The lowest BCUT2D eigenvalue weighted by atomic mass is 9.85. The fourth-order valence-corrected chi connectivity index (χ4v) is 2.59. The third kappa shape index (κ3) is 4.97. The predicted octanol–water partition coefficient (Wildman–Crippen LogP) is 3.36. The van der Waals surface area contributed by atoms with E-state index in [1.165, 1.54) is 0 Å². The minimum atomic E-state index is -0.154. The third-order valence-corrected chi connectivity index (χ3v) is 4.30. The molecule has 0 saturated heterocycles. The number of carbonyl (C=O) groups excluding carboxylic acids is 2. The molecule has 5 nitrogen and oxygen atoms in total. The summed E-state index contributed by atoms with van der Waals surface area (Å²) in [4.78, 5) is 24.1. The van der Waals surface area contributed by atoms with E-state index in [2.05, 4.69) is 10.6 Å². The van der Waals surface area contributed by atoms with E-state index in [4.69, 9.17) is 5.73 Å². The third-order valence-electron chi connectivity index (χ3n) is 4.30.